The fraction of sp³-hybridized carbons (Fsp3) is 0.800. The first-order valence-electron chi connectivity index (χ1n) is 5.59. The lowest BCUT2D eigenvalue weighted by molar-refractivity contribution is -0.256. The van der Waals surface area contributed by atoms with Crippen LogP contribution in [0.5, 0.6) is 0 Å². The van der Waals surface area contributed by atoms with E-state index in [0.717, 1.165) is 4.57 Å². The lowest BCUT2D eigenvalue weighted by atomic mass is 10.1. The molecule has 0 aromatic carbocycles. The van der Waals surface area contributed by atoms with E-state index in [4.69, 9.17) is 0 Å². The van der Waals surface area contributed by atoms with Gasteiger partial charge in [0.2, 0.25) is 5.92 Å². The van der Waals surface area contributed by atoms with Crippen LogP contribution in [0, 0.1) is 5.92 Å². The van der Waals surface area contributed by atoms with Gasteiger partial charge in [-0.15, -0.1) is 10.2 Å². The molecule has 0 saturated carbocycles. The lowest BCUT2D eigenvalue weighted by Gasteiger charge is -2.23. The van der Waals surface area contributed by atoms with E-state index in [0.29, 0.717) is 0 Å². The number of nitrogens with zero attached hydrogens (tertiary/aromatic N) is 3. The minimum absolute atomic E-state index is 0.0219. The molecule has 0 bridgehead atoms. The fourth-order valence-electron chi connectivity index (χ4n) is 1.70. The third-order valence-corrected chi connectivity index (χ3v) is 2.94. The molecule has 20 heavy (non-hydrogen) atoms. The summed E-state index contributed by atoms with van der Waals surface area (Å²) in [5, 5.41) is 6.54. The Hall–Kier alpha value is -0.800. The van der Waals surface area contributed by atoms with Crippen LogP contribution < -0.4 is 0 Å². The third-order valence-electron chi connectivity index (χ3n) is 2.44. The second kappa shape index (κ2) is 5.90. The first kappa shape index (κ1) is 17.3. The van der Waals surface area contributed by atoms with Crippen LogP contribution in [0.15, 0.2) is 0 Å². The smallest absolute Gasteiger partial charge is 0.313 e. The van der Waals surface area contributed by atoms with E-state index in [1.54, 1.807) is 13.8 Å². The maximum atomic E-state index is 12.7. The number of aromatic nitrogens is 3. The monoisotopic (exact) mass is 367 g/mol. The Morgan fingerprint density at radius 1 is 1.05 bits per heavy atom. The first-order valence-corrected chi connectivity index (χ1v) is 6.72. The van der Waals surface area contributed by atoms with Gasteiger partial charge in [-0.05, 0) is 5.92 Å². The van der Waals surface area contributed by atoms with Crippen LogP contribution in [-0.4, -0.2) is 27.1 Å². The Morgan fingerprint density at radius 2 is 1.55 bits per heavy atom. The Kier molecular flexibility index (Phi) is 5.09. The summed E-state index contributed by atoms with van der Waals surface area (Å²) in [5.74, 6) is -4.86. The van der Waals surface area contributed by atoms with Crippen molar-refractivity contribution < 1.29 is 26.3 Å². The highest BCUT2D eigenvalue weighted by molar-refractivity contribution is 9.08. The van der Waals surface area contributed by atoms with Crippen LogP contribution >= 0.6 is 15.9 Å². The minimum atomic E-state index is -5.47. The Bertz CT molecular complexity index is 437. The molecule has 0 atom stereocenters. The molecule has 0 radical (unpaired) electrons. The molecule has 116 valence electrons. The van der Waals surface area contributed by atoms with Gasteiger partial charge in [0.25, 0.3) is 0 Å². The minimum Gasteiger partial charge on any atom is -0.313 e. The molecule has 0 aliphatic carbocycles. The van der Waals surface area contributed by atoms with Crippen molar-refractivity contribution >= 4 is 15.9 Å². The molecule has 0 spiro atoms. The predicted octanol–water partition coefficient (Wildman–Crippen LogP) is 4.04. The second-order valence-electron chi connectivity index (χ2n) is 4.63. The normalized spacial score (nSPS) is 13.6. The topological polar surface area (TPSA) is 30.7 Å². The average molecular weight is 368 g/mol. The van der Waals surface area contributed by atoms with Crippen molar-refractivity contribution in [3.8, 4) is 0 Å². The highest BCUT2D eigenvalue weighted by atomic mass is 79.9. The summed E-state index contributed by atoms with van der Waals surface area (Å²) >= 11 is 2.98. The summed E-state index contributed by atoms with van der Waals surface area (Å²) < 4.78 is 77.2. The van der Waals surface area contributed by atoms with Crippen LogP contribution in [0.25, 0.3) is 0 Å². The maximum Gasteiger partial charge on any atom is 0.407 e. The standard InChI is InChI=1S/C10H12BrF6N3/c1-5(2)4-20-6(3-11)18-19-8(20)7(9(12,13)14)10(15,16)17/h5,7H,3-4H2,1-2H3. The molecule has 1 heterocycles. The van der Waals surface area contributed by atoms with Gasteiger partial charge < -0.3 is 4.57 Å². The second-order valence-corrected chi connectivity index (χ2v) is 5.19. The molecule has 0 saturated heterocycles. The van der Waals surface area contributed by atoms with Gasteiger partial charge in [0.15, 0.2) is 5.82 Å². The van der Waals surface area contributed by atoms with Gasteiger partial charge in [-0.25, -0.2) is 0 Å². The zero-order chi connectivity index (χ0) is 15.7. The number of hydrogen-bond donors (Lipinski definition) is 0. The molecule has 0 fully saturated rings. The molecule has 1 rings (SSSR count). The Labute approximate surface area is 119 Å². The third kappa shape index (κ3) is 3.86. The molecule has 3 nitrogen and oxygen atoms in total. The van der Waals surface area contributed by atoms with E-state index < -0.39 is 24.1 Å². The molecule has 0 amide bonds. The summed E-state index contributed by atoms with van der Waals surface area (Å²) in [6.45, 7) is 3.34. The van der Waals surface area contributed by atoms with E-state index in [1.165, 1.54) is 0 Å². The highest BCUT2D eigenvalue weighted by Gasteiger charge is 2.60. The van der Waals surface area contributed by atoms with Crippen LogP contribution in [0.2, 0.25) is 0 Å². The van der Waals surface area contributed by atoms with Crippen LogP contribution in [0.3, 0.4) is 0 Å². The molecule has 0 unspecified atom stereocenters. The molecular formula is C10H12BrF6N3. The van der Waals surface area contributed by atoms with E-state index >= 15 is 0 Å². The SMILES string of the molecule is CC(C)Cn1c(CBr)nnc1C(C(F)(F)F)C(F)(F)F. The lowest BCUT2D eigenvalue weighted by Crippen LogP contribution is -2.36. The fourth-order valence-corrected chi connectivity index (χ4v) is 2.12. The van der Waals surface area contributed by atoms with Crippen LogP contribution in [0.4, 0.5) is 26.3 Å². The molecular weight excluding hydrogens is 356 g/mol. The molecule has 10 heteroatoms. The average Bonchev–Trinajstić information content (AvgIpc) is 2.56. The summed E-state index contributed by atoms with van der Waals surface area (Å²) in [5.41, 5.74) is 0. The maximum absolute atomic E-state index is 12.7. The van der Waals surface area contributed by atoms with Crippen molar-refractivity contribution in [3.05, 3.63) is 11.6 Å². The van der Waals surface area contributed by atoms with Crippen molar-refractivity contribution in [2.45, 2.75) is 44.0 Å². The van der Waals surface area contributed by atoms with Gasteiger partial charge in [-0.2, -0.15) is 26.3 Å². The number of rotatable bonds is 4. The summed E-state index contributed by atoms with van der Waals surface area (Å²) in [4.78, 5) is 0. The Balaban J connectivity index is 3.38. The molecule has 1 aromatic rings. The van der Waals surface area contributed by atoms with E-state index in [1.807, 2.05) is 0 Å². The highest BCUT2D eigenvalue weighted by Crippen LogP contribution is 2.45. The zero-order valence-corrected chi connectivity index (χ0v) is 12.1. The molecule has 0 aliphatic rings. The van der Waals surface area contributed by atoms with Crippen molar-refractivity contribution in [3.63, 3.8) is 0 Å². The van der Waals surface area contributed by atoms with Gasteiger partial charge in [0.1, 0.15) is 5.82 Å². The van der Waals surface area contributed by atoms with Crippen molar-refractivity contribution in [2.24, 2.45) is 5.92 Å². The molecule has 0 aliphatic heterocycles. The van der Waals surface area contributed by atoms with E-state index in [2.05, 4.69) is 26.1 Å². The number of hydrogen-bond acceptors (Lipinski definition) is 2. The van der Waals surface area contributed by atoms with Gasteiger partial charge in [0, 0.05) is 6.54 Å². The van der Waals surface area contributed by atoms with Crippen molar-refractivity contribution in [1.29, 1.82) is 0 Å². The first-order chi connectivity index (χ1) is 8.98. The van der Waals surface area contributed by atoms with Gasteiger partial charge >= 0.3 is 12.4 Å². The van der Waals surface area contributed by atoms with Crippen molar-refractivity contribution in [1.82, 2.24) is 14.8 Å². The number of halogens is 7. The van der Waals surface area contributed by atoms with Crippen LogP contribution in [0.1, 0.15) is 31.4 Å². The Morgan fingerprint density at radius 3 is 1.90 bits per heavy atom. The zero-order valence-electron chi connectivity index (χ0n) is 10.6. The summed E-state index contributed by atoms with van der Waals surface area (Å²) in [7, 11) is 0. The molecule has 1 aromatic heterocycles. The van der Waals surface area contributed by atoms with E-state index in [-0.39, 0.29) is 23.6 Å². The summed E-state index contributed by atoms with van der Waals surface area (Å²) in [6, 6.07) is 0. The van der Waals surface area contributed by atoms with Crippen LogP contribution in [-0.2, 0) is 11.9 Å². The quantitative estimate of drug-likeness (QED) is 0.594. The number of alkyl halides is 7. The molecule has 0 N–H and O–H groups in total. The van der Waals surface area contributed by atoms with Gasteiger partial charge in [0.05, 0.1) is 5.33 Å². The van der Waals surface area contributed by atoms with Crippen molar-refractivity contribution in [2.75, 3.05) is 0 Å². The van der Waals surface area contributed by atoms with E-state index in [9.17, 15) is 26.3 Å². The summed E-state index contributed by atoms with van der Waals surface area (Å²) in [6.07, 6.45) is -10.9. The van der Waals surface area contributed by atoms with Gasteiger partial charge in [-0.1, -0.05) is 29.8 Å². The largest absolute Gasteiger partial charge is 0.407 e. The van der Waals surface area contributed by atoms with Gasteiger partial charge in [-0.3, -0.25) is 0 Å². The predicted molar refractivity (Wildman–Crippen MR) is 62.3 cm³/mol.